The minimum Gasteiger partial charge on any atom is -0.497 e. The summed E-state index contributed by atoms with van der Waals surface area (Å²) in [7, 11) is 1.58. The summed E-state index contributed by atoms with van der Waals surface area (Å²) in [5, 5.41) is 14.0. The maximum Gasteiger partial charge on any atom is 0.261 e. The quantitative estimate of drug-likeness (QED) is 0.810. The molecule has 0 unspecified atom stereocenters. The first kappa shape index (κ1) is 16.3. The minimum atomic E-state index is -1.85. The predicted molar refractivity (Wildman–Crippen MR) is 95.8 cm³/mol. The topological polar surface area (TPSA) is 75.6 Å². The summed E-state index contributed by atoms with van der Waals surface area (Å²) in [4.78, 5) is 25.6. The molecule has 4 rings (SSSR count). The van der Waals surface area contributed by atoms with Crippen molar-refractivity contribution in [2.24, 2.45) is 5.92 Å². The number of rotatable bonds is 2. The van der Waals surface area contributed by atoms with E-state index in [1.54, 1.807) is 37.4 Å². The second-order valence-electron chi connectivity index (χ2n) is 6.39. The molecule has 0 aromatic heterocycles. The first-order valence-corrected chi connectivity index (χ1v) is 8.79. The number of aryl methyl sites for hydroxylation is 1. The van der Waals surface area contributed by atoms with Gasteiger partial charge in [-0.25, -0.2) is 0 Å². The number of ether oxygens (including phenoxy) is 1. The SMILES string of the molecule is COc1ccc2c(c1)CC[C@H]([C@@]1(O)C(=O)Nc3ccc(Br)cc31)C2=O. The summed E-state index contributed by atoms with van der Waals surface area (Å²) in [6, 6.07) is 10.5. The van der Waals surface area contributed by atoms with Crippen LogP contribution in [0.4, 0.5) is 5.69 Å². The van der Waals surface area contributed by atoms with Crippen molar-refractivity contribution in [1.82, 2.24) is 0 Å². The van der Waals surface area contributed by atoms with Crippen molar-refractivity contribution < 1.29 is 19.4 Å². The molecule has 0 bridgehead atoms. The van der Waals surface area contributed by atoms with Gasteiger partial charge in [-0.2, -0.15) is 0 Å². The number of aliphatic hydroxyl groups is 1. The van der Waals surface area contributed by atoms with E-state index < -0.39 is 17.4 Å². The van der Waals surface area contributed by atoms with Crippen molar-refractivity contribution >= 4 is 33.3 Å². The molecule has 1 aliphatic heterocycles. The van der Waals surface area contributed by atoms with E-state index >= 15 is 0 Å². The van der Waals surface area contributed by atoms with Gasteiger partial charge in [0.25, 0.3) is 5.91 Å². The van der Waals surface area contributed by atoms with E-state index in [4.69, 9.17) is 4.74 Å². The Balaban J connectivity index is 1.79. The molecule has 0 saturated heterocycles. The first-order chi connectivity index (χ1) is 11.9. The van der Waals surface area contributed by atoms with Gasteiger partial charge in [0.2, 0.25) is 0 Å². The number of carbonyl (C=O) groups excluding carboxylic acids is 2. The van der Waals surface area contributed by atoms with E-state index in [0.717, 1.165) is 10.0 Å². The van der Waals surface area contributed by atoms with E-state index in [0.29, 0.717) is 35.4 Å². The zero-order valence-electron chi connectivity index (χ0n) is 13.5. The Labute approximate surface area is 153 Å². The van der Waals surface area contributed by atoms with Crippen LogP contribution < -0.4 is 10.1 Å². The molecule has 6 heteroatoms. The molecule has 2 atom stereocenters. The number of anilines is 1. The van der Waals surface area contributed by atoms with Crippen LogP contribution in [0.1, 0.15) is 27.9 Å². The van der Waals surface area contributed by atoms with Gasteiger partial charge in [0.05, 0.1) is 13.0 Å². The standard InChI is InChI=1S/C19H16BrNO4/c1-25-12-4-5-13-10(8-12)2-6-14(17(13)22)19(24)15-9-11(20)3-7-16(15)21-18(19)23/h3-5,7-9,14,24H,2,6H2,1H3,(H,21,23)/t14-,19-/m0/s1. The van der Waals surface area contributed by atoms with Gasteiger partial charge in [0.15, 0.2) is 11.4 Å². The van der Waals surface area contributed by atoms with E-state index in [9.17, 15) is 14.7 Å². The van der Waals surface area contributed by atoms with Crippen molar-refractivity contribution in [3.63, 3.8) is 0 Å². The number of nitrogens with one attached hydrogen (secondary N) is 1. The summed E-state index contributed by atoms with van der Waals surface area (Å²) in [6.07, 6.45) is 0.997. The number of halogens is 1. The van der Waals surface area contributed by atoms with E-state index in [1.807, 2.05) is 6.07 Å². The Kier molecular flexibility index (Phi) is 3.70. The van der Waals surface area contributed by atoms with E-state index in [1.165, 1.54) is 0 Å². The zero-order valence-corrected chi connectivity index (χ0v) is 15.1. The lowest BCUT2D eigenvalue weighted by Gasteiger charge is -2.33. The molecule has 1 aliphatic carbocycles. The lowest BCUT2D eigenvalue weighted by molar-refractivity contribution is -0.138. The van der Waals surface area contributed by atoms with Gasteiger partial charge >= 0.3 is 0 Å². The van der Waals surface area contributed by atoms with Gasteiger partial charge in [-0.1, -0.05) is 15.9 Å². The van der Waals surface area contributed by atoms with Crippen LogP contribution in [0.25, 0.3) is 0 Å². The highest BCUT2D eigenvalue weighted by atomic mass is 79.9. The number of fused-ring (bicyclic) bond motifs is 2. The Morgan fingerprint density at radius 1 is 1.24 bits per heavy atom. The third kappa shape index (κ3) is 2.32. The minimum absolute atomic E-state index is 0.214. The number of methoxy groups -OCH3 is 1. The molecule has 2 N–H and O–H groups in total. The Hall–Kier alpha value is -2.18. The van der Waals surface area contributed by atoms with Crippen molar-refractivity contribution in [3.05, 3.63) is 57.6 Å². The maximum absolute atomic E-state index is 13.1. The van der Waals surface area contributed by atoms with Gasteiger partial charge in [-0.3, -0.25) is 9.59 Å². The molecule has 5 nitrogen and oxygen atoms in total. The average molecular weight is 402 g/mol. The highest BCUT2D eigenvalue weighted by molar-refractivity contribution is 9.10. The lowest BCUT2D eigenvalue weighted by Crippen LogP contribution is -2.47. The molecule has 0 fully saturated rings. The van der Waals surface area contributed by atoms with Gasteiger partial charge in [-0.15, -0.1) is 0 Å². The molecular weight excluding hydrogens is 386 g/mol. The normalized spacial score (nSPS) is 24.5. The van der Waals surface area contributed by atoms with Crippen LogP contribution in [0.5, 0.6) is 5.75 Å². The van der Waals surface area contributed by atoms with Crippen LogP contribution in [0, 0.1) is 5.92 Å². The van der Waals surface area contributed by atoms with Gasteiger partial charge in [-0.05, 0) is 54.8 Å². The summed E-state index contributed by atoms with van der Waals surface area (Å²) < 4.78 is 5.95. The van der Waals surface area contributed by atoms with Gasteiger partial charge in [0.1, 0.15) is 5.75 Å². The van der Waals surface area contributed by atoms with Crippen molar-refractivity contribution in [3.8, 4) is 5.75 Å². The average Bonchev–Trinajstić information content (AvgIpc) is 2.86. The highest BCUT2D eigenvalue weighted by Crippen LogP contribution is 2.46. The van der Waals surface area contributed by atoms with Crippen molar-refractivity contribution in [1.29, 1.82) is 0 Å². The van der Waals surface area contributed by atoms with Gasteiger partial charge < -0.3 is 15.2 Å². The molecule has 1 heterocycles. The summed E-state index contributed by atoms with van der Waals surface area (Å²) >= 11 is 3.37. The number of hydrogen-bond acceptors (Lipinski definition) is 4. The van der Waals surface area contributed by atoms with Crippen LogP contribution in [-0.4, -0.2) is 23.9 Å². The molecule has 2 aromatic rings. The number of benzene rings is 2. The first-order valence-electron chi connectivity index (χ1n) is 8.00. The van der Waals surface area contributed by atoms with Crippen LogP contribution in [0.3, 0.4) is 0 Å². The van der Waals surface area contributed by atoms with E-state index in [2.05, 4.69) is 21.2 Å². The molecule has 0 spiro atoms. The van der Waals surface area contributed by atoms with Crippen molar-refractivity contribution in [2.45, 2.75) is 18.4 Å². The predicted octanol–water partition coefficient (Wildman–Crippen LogP) is 3.04. The summed E-state index contributed by atoms with van der Waals surface area (Å²) in [5.74, 6) is -0.883. The number of hydrogen-bond donors (Lipinski definition) is 2. The van der Waals surface area contributed by atoms with Crippen molar-refractivity contribution in [2.75, 3.05) is 12.4 Å². The fourth-order valence-corrected chi connectivity index (χ4v) is 4.15. The maximum atomic E-state index is 13.1. The molecular formula is C19H16BrNO4. The second kappa shape index (κ2) is 5.68. The molecule has 1 amide bonds. The molecule has 25 heavy (non-hydrogen) atoms. The largest absolute Gasteiger partial charge is 0.497 e. The number of amides is 1. The van der Waals surface area contributed by atoms with Crippen LogP contribution in [0.2, 0.25) is 0 Å². The molecule has 0 saturated carbocycles. The van der Waals surface area contributed by atoms with Gasteiger partial charge in [0, 0.05) is 21.3 Å². The zero-order chi connectivity index (χ0) is 17.8. The molecule has 0 radical (unpaired) electrons. The fraction of sp³-hybridized carbons (Fsp3) is 0.263. The molecule has 2 aromatic carbocycles. The highest BCUT2D eigenvalue weighted by Gasteiger charge is 2.54. The Morgan fingerprint density at radius 3 is 2.80 bits per heavy atom. The molecule has 2 aliphatic rings. The molecule has 128 valence electrons. The number of carbonyl (C=O) groups is 2. The van der Waals surface area contributed by atoms with Crippen LogP contribution in [0.15, 0.2) is 40.9 Å². The summed E-state index contributed by atoms with van der Waals surface area (Å²) in [5.41, 5.74) is 0.568. The number of ketones is 1. The number of Topliss-reactive ketones (excluding diaryl/α,β-unsaturated/α-hetero) is 1. The third-order valence-electron chi connectivity index (χ3n) is 5.09. The third-order valence-corrected chi connectivity index (χ3v) is 5.58. The second-order valence-corrected chi connectivity index (χ2v) is 7.30. The smallest absolute Gasteiger partial charge is 0.261 e. The Morgan fingerprint density at radius 2 is 2.04 bits per heavy atom. The van der Waals surface area contributed by atoms with E-state index in [-0.39, 0.29) is 5.78 Å². The monoisotopic (exact) mass is 401 g/mol. The van der Waals surface area contributed by atoms with Crippen LogP contribution in [-0.2, 0) is 16.8 Å². The van der Waals surface area contributed by atoms with Crippen LogP contribution >= 0.6 is 15.9 Å². The fourth-order valence-electron chi connectivity index (χ4n) is 3.79. The summed E-state index contributed by atoms with van der Waals surface area (Å²) in [6.45, 7) is 0. The Bertz CT molecular complexity index is 910. The lowest BCUT2D eigenvalue weighted by atomic mass is 9.71.